The fourth-order valence-corrected chi connectivity index (χ4v) is 4.37. The Balaban J connectivity index is 0.00000616. The molecule has 0 radical (unpaired) electrons. The number of carbonyl (C=O) groups is 3. The van der Waals surface area contributed by atoms with Crippen molar-refractivity contribution in [2.75, 3.05) is 6.54 Å². The third-order valence-electron chi connectivity index (χ3n) is 6.71. The van der Waals surface area contributed by atoms with Gasteiger partial charge in [-0.15, -0.1) is 0 Å². The van der Waals surface area contributed by atoms with Crippen molar-refractivity contribution in [3.05, 3.63) is 93.2 Å². The second kappa shape index (κ2) is 16.9. The first kappa shape index (κ1) is 34.0. The summed E-state index contributed by atoms with van der Waals surface area (Å²) in [7, 11) is 0. The Kier molecular flexibility index (Phi) is 13.7. The maximum atomic E-state index is 12.6. The Bertz CT molecular complexity index is 1380. The van der Waals surface area contributed by atoms with Crippen LogP contribution in [0.4, 0.5) is 0 Å². The zero-order valence-electron chi connectivity index (χ0n) is 23.6. The molecule has 0 saturated heterocycles. The molecule has 0 fully saturated rings. The molecule has 0 saturated carbocycles. The standard InChI is InChI=1S/C30H37N5O6.ClH/c1-19-24(14-15-27(37)34-26(30(40)41)18-20-7-3-2-4-8-20)35-29(39)25(33-19)9-5-6-16-32-28(38)23(31)17-21-10-12-22(36)13-11-21;/h2-4,7-8,10-13,23,26,36H,5-6,9,14-18,31H2,1H3,(H,32,38)(H,34,37)(H,35,39)(H,40,41);1H. The number of halogens is 1. The second-order valence-corrected chi connectivity index (χ2v) is 10.0. The number of unbranched alkanes of at least 4 members (excludes halogenated alkanes) is 1. The molecule has 2 amide bonds. The maximum Gasteiger partial charge on any atom is 0.326 e. The fraction of sp³-hybridized carbons (Fsp3) is 0.367. The molecule has 2 aromatic carbocycles. The first-order chi connectivity index (χ1) is 19.6. The van der Waals surface area contributed by atoms with Crippen LogP contribution in [0.2, 0.25) is 0 Å². The maximum absolute atomic E-state index is 12.6. The molecular weight excluding hydrogens is 562 g/mol. The monoisotopic (exact) mass is 599 g/mol. The highest BCUT2D eigenvalue weighted by molar-refractivity contribution is 5.83. The summed E-state index contributed by atoms with van der Waals surface area (Å²) in [6.45, 7) is 2.21. The summed E-state index contributed by atoms with van der Waals surface area (Å²) in [5.41, 5.74) is 6.83. The largest absolute Gasteiger partial charge is 1.00 e. The average molecular weight is 600 g/mol. The predicted octanol–water partition coefficient (Wildman–Crippen LogP) is -2.18. The van der Waals surface area contributed by atoms with Gasteiger partial charge in [0, 0.05) is 31.5 Å². The van der Waals surface area contributed by atoms with Gasteiger partial charge in [0.05, 0.1) is 5.69 Å². The van der Waals surface area contributed by atoms with Crippen LogP contribution < -0.4 is 34.3 Å². The summed E-state index contributed by atoms with van der Waals surface area (Å²) in [6, 6.07) is 14.2. The Morgan fingerprint density at radius 3 is 2.31 bits per heavy atom. The number of H-pyrrole nitrogens is 1. The number of phenolic OH excluding ortho intramolecular Hbond substituents is 1. The van der Waals surface area contributed by atoms with Gasteiger partial charge >= 0.3 is 5.97 Å². The van der Waals surface area contributed by atoms with Gasteiger partial charge in [0.15, 0.2) is 6.04 Å². The number of amides is 2. The number of nitrogens with zero attached hydrogens (tertiary/aromatic N) is 1. The van der Waals surface area contributed by atoms with E-state index in [1.807, 2.05) is 18.2 Å². The normalized spacial score (nSPS) is 12.0. The zero-order chi connectivity index (χ0) is 29.8. The molecule has 1 aromatic heterocycles. The fourth-order valence-electron chi connectivity index (χ4n) is 4.37. The smallest absolute Gasteiger partial charge is 0.326 e. The van der Waals surface area contributed by atoms with E-state index in [2.05, 4.69) is 26.3 Å². The zero-order valence-corrected chi connectivity index (χ0v) is 24.3. The minimum atomic E-state index is -1.11. The van der Waals surface area contributed by atoms with Crippen LogP contribution in [0, 0.1) is 6.92 Å². The van der Waals surface area contributed by atoms with Crippen LogP contribution in [0.15, 0.2) is 59.4 Å². The number of hydrogen-bond donors (Lipinski definition) is 6. The van der Waals surface area contributed by atoms with E-state index in [0.29, 0.717) is 49.3 Å². The molecule has 8 N–H and O–H groups in total. The number of nitrogens with one attached hydrogen (secondary N) is 3. The number of aromatic nitrogens is 2. The van der Waals surface area contributed by atoms with E-state index in [4.69, 9.17) is 0 Å². The van der Waals surface area contributed by atoms with Crippen LogP contribution in [0.25, 0.3) is 0 Å². The summed E-state index contributed by atoms with van der Waals surface area (Å²) in [5, 5.41) is 24.3. The van der Waals surface area contributed by atoms with Gasteiger partial charge in [-0.25, -0.2) is 4.79 Å². The van der Waals surface area contributed by atoms with Gasteiger partial charge in [-0.05, 0) is 55.9 Å². The molecule has 0 spiro atoms. The van der Waals surface area contributed by atoms with Gasteiger partial charge in [-0.3, -0.25) is 19.4 Å². The molecule has 12 heteroatoms. The minimum absolute atomic E-state index is 0. The third-order valence-corrected chi connectivity index (χ3v) is 6.71. The number of carboxylic acid groups (broad SMARTS) is 1. The number of aryl methyl sites for hydroxylation is 3. The molecule has 0 aliphatic rings. The molecule has 0 aliphatic heterocycles. The molecule has 11 nitrogen and oxygen atoms in total. The van der Waals surface area contributed by atoms with Crippen LogP contribution in [-0.2, 0) is 40.1 Å². The van der Waals surface area contributed by atoms with Crippen molar-refractivity contribution in [2.45, 2.75) is 64.0 Å². The summed E-state index contributed by atoms with van der Waals surface area (Å²) in [6.07, 6.45) is 2.62. The molecule has 3 aromatic rings. The van der Waals surface area contributed by atoms with Gasteiger partial charge in [-0.2, -0.15) is 0 Å². The summed E-state index contributed by atoms with van der Waals surface area (Å²) in [5.74, 6) is -1.52. The van der Waals surface area contributed by atoms with Gasteiger partial charge in [-0.1, -0.05) is 42.5 Å². The number of aromatic amines is 1. The van der Waals surface area contributed by atoms with Crippen molar-refractivity contribution in [3.63, 3.8) is 0 Å². The lowest BCUT2D eigenvalue weighted by atomic mass is 10.1. The van der Waals surface area contributed by atoms with Crippen molar-refractivity contribution >= 4 is 17.8 Å². The Morgan fingerprint density at radius 2 is 1.64 bits per heavy atom. The van der Waals surface area contributed by atoms with Crippen LogP contribution in [-0.4, -0.2) is 56.6 Å². The van der Waals surface area contributed by atoms with E-state index >= 15 is 0 Å². The number of aromatic hydroxyl groups is 1. The topological polar surface area (TPSA) is 189 Å². The third kappa shape index (κ3) is 11.0. The number of rotatable bonds is 15. The van der Waals surface area contributed by atoms with Crippen LogP contribution in [0.5, 0.6) is 5.75 Å². The highest BCUT2D eigenvalue weighted by atomic mass is 35.5. The Hall–Kier alpha value is -4.22. The number of carbonyl (C=O) groups excluding carboxylic acids is 2. The summed E-state index contributed by atoms with van der Waals surface area (Å²) >= 11 is 0. The van der Waals surface area contributed by atoms with E-state index in [9.17, 15) is 29.4 Å². The van der Waals surface area contributed by atoms with Crippen molar-refractivity contribution in [3.8, 4) is 5.75 Å². The molecule has 0 bridgehead atoms. The number of benzene rings is 2. The van der Waals surface area contributed by atoms with Gasteiger partial charge < -0.3 is 44.0 Å². The molecule has 2 atom stereocenters. The molecule has 42 heavy (non-hydrogen) atoms. The van der Waals surface area contributed by atoms with E-state index in [1.54, 1.807) is 43.3 Å². The van der Waals surface area contributed by atoms with Crippen LogP contribution in [0.3, 0.4) is 0 Å². The number of carboxylic acids is 1. The lowest BCUT2D eigenvalue weighted by Gasteiger charge is -2.15. The highest BCUT2D eigenvalue weighted by Crippen LogP contribution is 2.11. The molecule has 3 rings (SSSR count). The second-order valence-electron chi connectivity index (χ2n) is 10.0. The van der Waals surface area contributed by atoms with Gasteiger partial charge in [0.2, 0.25) is 5.91 Å². The lowest BCUT2D eigenvalue weighted by molar-refractivity contribution is -0.403. The van der Waals surface area contributed by atoms with Crippen LogP contribution >= 0.6 is 0 Å². The molecule has 0 aliphatic carbocycles. The van der Waals surface area contributed by atoms with Crippen LogP contribution in [0.1, 0.15) is 47.5 Å². The van der Waals surface area contributed by atoms with E-state index in [-0.39, 0.29) is 48.9 Å². The molecule has 226 valence electrons. The number of aliphatic carboxylic acids is 1. The first-order valence-electron chi connectivity index (χ1n) is 13.7. The quantitative estimate of drug-likeness (QED) is 0.107. The van der Waals surface area contributed by atoms with E-state index in [1.165, 1.54) is 0 Å². The number of phenols is 1. The lowest BCUT2D eigenvalue weighted by Crippen LogP contribution is -3.00. The molecule has 1 heterocycles. The number of quaternary nitrogens is 1. The van der Waals surface area contributed by atoms with Crippen molar-refractivity contribution in [2.24, 2.45) is 0 Å². The van der Waals surface area contributed by atoms with E-state index < -0.39 is 24.0 Å². The Morgan fingerprint density at radius 1 is 0.976 bits per heavy atom. The van der Waals surface area contributed by atoms with Crippen molar-refractivity contribution in [1.82, 2.24) is 20.6 Å². The van der Waals surface area contributed by atoms with E-state index in [0.717, 1.165) is 11.1 Å². The highest BCUT2D eigenvalue weighted by Gasteiger charge is 2.21. The SMILES string of the molecule is Cc1nc(CCCCNC(=O)C([NH3+])Cc2ccc(O)cc2)c(=O)[nH]c1CCC(=O)NC(Cc1ccccc1)C(=O)O.[Cl-]. The minimum Gasteiger partial charge on any atom is -1.00 e. The van der Waals surface area contributed by atoms with Crippen molar-refractivity contribution < 1.29 is 42.7 Å². The van der Waals surface area contributed by atoms with Crippen molar-refractivity contribution in [1.29, 1.82) is 0 Å². The number of hydrogen-bond acceptors (Lipinski definition) is 6. The van der Waals surface area contributed by atoms with Gasteiger partial charge in [0.1, 0.15) is 17.5 Å². The summed E-state index contributed by atoms with van der Waals surface area (Å²) < 4.78 is 0. The summed E-state index contributed by atoms with van der Waals surface area (Å²) in [4.78, 5) is 56.2. The first-order valence-corrected chi connectivity index (χ1v) is 13.7. The Labute approximate surface area is 250 Å². The predicted molar refractivity (Wildman–Crippen MR) is 152 cm³/mol. The molecule has 2 unspecified atom stereocenters. The average Bonchev–Trinajstić information content (AvgIpc) is 2.94. The molecular formula is C30H38ClN5O6. The van der Waals surface area contributed by atoms with Gasteiger partial charge in [0.25, 0.3) is 11.5 Å².